The van der Waals surface area contributed by atoms with Gasteiger partial charge in [-0.1, -0.05) is 84.9 Å². The Morgan fingerprint density at radius 1 is 0.396 bits per heavy atom. The molecule has 14 aromatic rings. The van der Waals surface area contributed by atoms with Crippen LogP contribution in [0.2, 0.25) is 0 Å². The molecule has 0 unspecified atom stereocenters. The molecule has 0 atom stereocenters. The van der Waals surface area contributed by atoms with Crippen molar-refractivity contribution in [3.8, 4) is 17.2 Å². The fourth-order valence-corrected chi connectivity index (χ4v) is 12.9. The van der Waals surface area contributed by atoms with Crippen LogP contribution in [-0.4, -0.2) is 18.9 Å². The summed E-state index contributed by atoms with van der Waals surface area (Å²) in [6.45, 7) is 0. The standard InChI is InChI=1S/C46H22N4S3/c1-4-14-29-23(9-1)25-19-21-36-40-39-35(51-36)22-20-32-38(39)37-30(49(29)43(25)40)15-8-16-31(37)50(32)46-47-41-27-11-3-6-18-34(27)53-45(41)42(48-46)28-13-7-12-26-24-10-2-5-17-33(24)52-44(26)28/h1-22H. The van der Waals surface area contributed by atoms with Gasteiger partial charge >= 0.3 is 0 Å². The Kier molecular flexibility index (Phi) is 4.91. The molecule has 53 heavy (non-hydrogen) atoms. The van der Waals surface area contributed by atoms with Gasteiger partial charge in [-0.25, -0.2) is 9.97 Å². The van der Waals surface area contributed by atoms with Crippen molar-refractivity contribution < 1.29 is 0 Å². The van der Waals surface area contributed by atoms with E-state index in [1.807, 2.05) is 22.7 Å². The lowest BCUT2D eigenvalue weighted by molar-refractivity contribution is 1.02. The third kappa shape index (κ3) is 3.25. The van der Waals surface area contributed by atoms with Gasteiger partial charge in [0.2, 0.25) is 5.95 Å². The highest BCUT2D eigenvalue weighted by Gasteiger charge is 2.27. The number of fused-ring (bicyclic) bond motifs is 10. The van der Waals surface area contributed by atoms with Crippen LogP contribution in [-0.2, 0) is 0 Å². The lowest BCUT2D eigenvalue weighted by atomic mass is 10.0. The minimum atomic E-state index is 0.702. The molecular formula is C46H22N4S3. The lowest BCUT2D eigenvalue weighted by Gasteiger charge is -2.11. The molecule has 0 aliphatic rings. The van der Waals surface area contributed by atoms with Crippen LogP contribution in [0.15, 0.2) is 133 Å². The SMILES string of the molecule is c1ccc2c(c1)sc1c(-c3nc(-n4c5ccc6sc7ccc8c9ccccc9n9c%10cccc4c%10c5c6c7c89)nc4c3sc3ccccc34)cccc12. The fraction of sp³-hybridized carbons (Fsp3) is 0. The molecule has 0 radical (unpaired) electrons. The van der Waals surface area contributed by atoms with Crippen molar-refractivity contribution in [1.82, 2.24) is 18.9 Å². The predicted molar refractivity (Wildman–Crippen MR) is 229 cm³/mol. The van der Waals surface area contributed by atoms with Crippen LogP contribution in [0.4, 0.5) is 0 Å². The second kappa shape index (κ2) is 9.45. The van der Waals surface area contributed by atoms with Gasteiger partial charge in [-0.05, 0) is 48.5 Å². The van der Waals surface area contributed by atoms with Gasteiger partial charge in [0.1, 0.15) is 0 Å². The van der Waals surface area contributed by atoms with Crippen molar-refractivity contribution >= 4 is 144 Å². The van der Waals surface area contributed by atoms with E-state index in [-0.39, 0.29) is 0 Å². The average Bonchev–Trinajstić information content (AvgIpc) is 3.99. The molecule has 0 saturated carbocycles. The van der Waals surface area contributed by atoms with Crippen LogP contribution in [0.3, 0.4) is 0 Å². The molecule has 7 aromatic carbocycles. The number of aromatic nitrogens is 4. The molecule has 0 N–H and O–H groups in total. The molecule has 14 rings (SSSR count). The highest BCUT2D eigenvalue weighted by molar-refractivity contribution is 7.27. The van der Waals surface area contributed by atoms with Crippen LogP contribution >= 0.6 is 34.0 Å². The summed E-state index contributed by atoms with van der Waals surface area (Å²) in [6.07, 6.45) is 0. The largest absolute Gasteiger partial charge is 0.308 e. The summed E-state index contributed by atoms with van der Waals surface area (Å²) in [6, 6.07) is 49.0. The van der Waals surface area contributed by atoms with E-state index in [0.717, 1.165) is 32.5 Å². The Morgan fingerprint density at radius 3 is 2.00 bits per heavy atom. The minimum absolute atomic E-state index is 0.702. The van der Waals surface area contributed by atoms with E-state index < -0.39 is 0 Å². The molecule has 0 fully saturated rings. The second-order valence-corrected chi connectivity index (χ2v) is 17.2. The number of hydrogen-bond donors (Lipinski definition) is 0. The molecular weight excluding hydrogens is 705 g/mol. The molecule has 0 aliphatic heterocycles. The number of para-hydroxylation sites is 1. The summed E-state index contributed by atoms with van der Waals surface area (Å²) in [5.41, 5.74) is 9.15. The second-order valence-electron chi connectivity index (χ2n) is 14.1. The third-order valence-corrected chi connectivity index (χ3v) is 15.0. The first-order valence-electron chi connectivity index (χ1n) is 17.8. The molecule has 7 aromatic heterocycles. The smallest absolute Gasteiger partial charge is 0.235 e. The quantitative estimate of drug-likeness (QED) is 0.178. The van der Waals surface area contributed by atoms with E-state index in [1.54, 1.807) is 11.3 Å². The van der Waals surface area contributed by atoms with Gasteiger partial charge in [0.15, 0.2) is 0 Å². The van der Waals surface area contributed by atoms with Gasteiger partial charge in [-0.15, -0.1) is 34.0 Å². The van der Waals surface area contributed by atoms with E-state index in [1.165, 1.54) is 88.5 Å². The molecule has 4 nitrogen and oxygen atoms in total. The number of benzene rings is 7. The zero-order valence-electron chi connectivity index (χ0n) is 27.7. The molecule has 0 bridgehead atoms. The van der Waals surface area contributed by atoms with Gasteiger partial charge in [0, 0.05) is 77.5 Å². The van der Waals surface area contributed by atoms with Crippen LogP contribution in [0, 0.1) is 0 Å². The van der Waals surface area contributed by atoms with Crippen LogP contribution in [0.25, 0.3) is 127 Å². The van der Waals surface area contributed by atoms with Crippen molar-refractivity contribution in [1.29, 1.82) is 0 Å². The summed E-state index contributed by atoms with van der Waals surface area (Å²) in [5.74, 6) is 0.702. The minimum Gasteiger partial charge on any atom is -0.308 e. The van der Waals surface area contributed by atoms with Crippen LogP contribution in [0.5, 0.6) is 0 Å². The van der Waals surface area contributed by atoms with E-state index in [0.29, 0.717) is 5.95 Å². The molecule has 0 spiro atoms. The molecule has 0 aliphatic carbocycles. The monoisotopic (exact) mass is 726 g/mol. The van der Waals surface area contributed by atoms with E-state index in [9.17, 15) is 0 Å². The van der Waals surface area contributed by atoms with Gasteiger partial charge in [-0.2, -0.15) is 0 Å². The first-order chi connectivity index (χ1) is 26.3. The molecule has 0 saturated heterocycles. The summed E-state index contributed by atoms with van der Waals surface area (Å²) in [7, 11) is 0. The highest BCUT2D eigenvalue weighted by atomic mass is 32.1. The Morgan fingerprint density at radius 2 is 1.08 bits per heavy atom. The first-order valence-corrected chi connectivity index (χ1v) is 20.2. The maximum atomic E-state index is 5.65. The third-order valence-electron chi connectivity index (χ3n) is 11.5. The van der Waals surface area contributed by atoms with Gasteiger partial charge in [0.25, 0.3) is 0 Å². The van der Waals surface area contributed by atoms with Crippen molar-refractivity contribution in [2.75, 3.05) is 0 Å². The number of rotatable bonds is 2. The lowest BCUT2D eigenvalue weighted by Crippen LogP contribution is -2.03. The Balaban J connectivity index is 1.19. The highest BCUT2D eigenvalue weighted by Crippen LogP contribution is 2.51. The Labute approximate surface area is 311 Å². The van der Waals surface area contributed by atoms with Gasteiger partial charge < -0.3 is 4.40 Å². The zero-order chi connectivity index (χ0) is 34.1. The summed E-state index contributed by atoms with van der Waals surface area (Å²) < 4.78 is 12.4. The fourth-order valence-electron chi connectivity index (χ4n) is 9.38. The summed E-state index contributed by atoms with van der Waals surface area (Å²) >= 11 is 5.54. The summed E-state index contributed by atoms with van der Waals surface area (Å²) in [5, 5.41) is 11.5. The van der Waals surface area contributed by atoms with E-state index in [4.69, 9.17) is 9.97 Å². The topological polar surface area (TPSA) is 35.1 Å². The number of nitrogens with zero attached hydrogens (tertiary/aromatic N) is 4. The van der Waals surface area contributed by atoms with Crippen LogP contribution in [0.1, 0.15) is 0 Å². The molecule has 7 heteroatoms. The van der Waals surface area contributed by atoms with Crippen molar-refractivity contribution in [3.63, 3.8) is 0 Å². The Bertz CT molecular complexity index is 3870. The van der Waals surface area contributed by atoms with Crippen molar-refractivity contribution in [2.45, 2.75) is 0 Å². The molecule has 244 valence electrons. The van der Waals surface area contributed by atoms with Gasteiger partial charge in [0.05, 0.1) is 43.5 Å². The van der Waals surface area contributed by atoms with Crippen molar-refractivity contribution in [2.24, 2.45) is 0 Å². The van der Waals surface area contributed by atoms with Gasteiger partial charge in [-0.3, -0.25) is 4.57 Å². The molecule has 7 heterocycles. The van der Waals surface area contributed by atoms with E-state index >= 15 is 0 Å². The number of thiophene rings is 3. The summed E-state index contributed by atoms with van der Waals surface area (Å²) in [4.78, 5) is 11.2. The molecule has 0 amide bonds. The van der Waals surface area contributed by atoms with E-state index in [2.05, 4.69) is 142 Å². The number of hydrogen-bond acceptors (Lipinski definition) is 5. The predicted octanol–water partition coefficient (Wildman–Crippen LogP) is 13.8. The Hall–Kier alpha value is -6.12. The normalized spacial score (nSPS) is 12.9. The van der Waals surface area contributed by atoms with Crippen LogP contribution < -0.4 is 0 Å². The van der Waals surface area contributed by atoms with Crippen molar-refractivity contribution in [3.05, 3.63) is 133 Å². The maximum absolute atomic E-state index is 5.65. The zero-order valence-corrected chi connectivity index (χ0v) is 30.2. The average molecular weight is 727 g/mol. The first kappa shape index (κ1) is 27.5. The maximum Gasteiger partial charge on any atom is 0.235 e.